The van der Waals surface area contributed by atoms with E-state index in [0.29, 0.717) is 0 Å². The summed E-state index contributed by atoms with van der Waals surface area (Å²) < 4.78 is 0. The number of unbranched alkanes of at least 4 members (excludes halogenated alkanes) is 6. The van der Waals surface area contributed by atoms with Crippen molar-refractivity contribution >= 4 is 0 Å². The Labute approximate surface area is 197 Å². The highest BCUT2D eigenvalue weighted by Crippen LogP contribution is 2.34. The maximum atomic E-state index is 4.69. The standard InChI is InChI=1S/C30H46N2/c1-3-5-7-8-10-12-25-13-15-27(16-14-25)19-22-30-31-23-29(24-32-30)28-20-17-26(18-21-28)11-9-6-4-2/h17-18,20-21,23-25,27H,3-16,19,22H2,1-2H3. The van der Waals surface area contributed by atoms with Crippen LogP contribution in [0.4, 0.5) is 0 Å². The Hall–Kier alpha value is -1.70. The number of aromatic nitrogens is 2. The van der Waals surface area contributed by atoms with Crippen LogP contribution in [-0.4, -0.2) is 9.97 Å². The Morgan fingerprint density at radius 2 is 1.22 bits per heavy atom. The maximum absolute atomic E-state index is 4.69. The van der Waals surface area contributed by atoms with Crippen molar-refractivity contribution in [2.24, 2.45) is 11.8 Å². The Morgan fingerprint density at radius 1 is 0.625 bits per heavy atom. The van der Waals surface area contributed by atoms with E-state index in [0.717, 1.165) is 29.6 Å². The van der Waals surface area contributed by atoms with Crippen LogP contribution in [0.1, 0.15) is 115 Å². The second kappa shape index (κ2) is 14.4. The highest BCUT2D eigenvalue weighted by Gasteiger charge is 2.21. The first-order valence-corrected chi connectivity index (χ1v) is 13.7. The van der Waals surface area contributed by atoms with Gasteiger partial charge in [-0.3, -0.25) is 0 Å². The van der Waals surface area contributed by atoms with Crippen LogP contribution in [0.2, 0.25) is 0 Å². The van der Waals surface area contributed by atoms with E-state index in [1.807, 2.05) is 12.4 Å². The maximum Gasteiger partial charge on any atom is 0.128 e. The molecule has 32 heavy (non-hydrogen) atoms. The molecule has 2 heteroatoms. The highest BCUT2D eigenvalue weighted by atomic mass is 14.9. The van der Waals surface area contributed by atoms with Gasteiger partial charge in [0, 0.05) is 24.4 Å². The summed E-state index contributed by atoms with van der Waals surface area (Å²) in [4.78, 5) is 9.38. The van der Waals surface area contributed by atoms with E-state index < -0.39 is 0 Å². The van der Waals surface area contributed by atoms with E-state index in [-0.39, 0.29) is 0 Å². The van der Waals surface area contributed by atoms with Gasteiger partial charge in [0.05, 0.1) is 0 Å². The lowest BCUT2D eigenvalue weighted by Gasteiger charge is -2.28. The third kappa shape index (κ3) is 8.68. The van der Waals surface area contributed by atoms with Crippen molar-refractivity contribution in [1.29, 1.82) is 0 Å². The number of aryl methyl sites for hydroxylation is 2. The number of nitrogens with zero attached hydrogens (tertiary/aromatic N) is 2. The Morgan fingerprint density at radius 3 is 1.88 bits per heavy atom. The van der Waals surface area contributed by atoms with Crippen LogP contribution in [0.25, 0.3) is 11.1 Å². The molecule has 0 unspecified atom stereocenters. The quantitative estimate of drug-likeness (QED) is 0.277. The minimum absolute atomic E-state index is 0.884. The van der Waals surface area contributed by atoms with Crippen LogP contribution in [0.5, 0.6) is 0 Å². The topological polar surface area (TPSA) is 25.8 Å². The number of hydrogen-bond donors (Lipinski definition) is 0. The largest absolute Gasteiger partial charge is 0.241 e. The van der Waals surface area contributed by atoms with Crippen LogP contribution >= 0.6 is 0 Å². The van der Waals surface area contributed by atoms with E-state index in [1.165, 1.54) is 107 Å². The summed E-state index contributed by atoms with van der Waals surface area (Å²) in [7, 11) is 0. The molecule has 3 rings (SSSR count). The van der Waals surface area contributed by atoms with Crippen LogP contribution in [0, 0.1) is 11.8 Å². The van der Waals surface area contributed by atoms with Gasteiger partial charge in [0.25, 0.3) is 0 Å². The number of benzene rings is 1. The summed E-state index contributed by atoms with van der Waals surface area (Å²) in [5.74, 6) is 2.90. The first kappa shape index (κ1) is 24.9. The zero-order valence-corrected chi connectivity index (χ0v) is 20.8. The fourth-order valence-corrected chi connectivity index (χ4v) is 5.25. The van der Waals surface area contributed by atoms with Crippen LogP contribution in [0.3, 0.4) is 0 Å². The number of hydrogen-bond acceptors (Lipinski definition) is 2. The summed E-state index contributed by atoms with van der Waals surface area (Å²) in [6.07, 6.45) is 25.7. The van der Waals surface area contributed by atoms with Gasteiger partial charge < -0.3 is 0 Å². The molecular formula is C30H46N2. The average molecular weight is 435 g/mol. The molecule has 176 valence electrons. The predicted octanol–water partition coefficient (Wildman–Crippen LogP) is 8.98. The SMILES string of the molecule is CCCCCCCC1CCC(CCc2ncc(-c3ccc(CCCCC)cc3)cn2)CC1. The van der Waals surface area contributed by atoms with E-state index >= 15 is 0 Å². The summed E-state index contributed by atoms with van der Waals surface area (Å²) in [5.41, 5.74) is 3.79. The lowest BCUT2D eigenvalue weighted by Crippen LogP contribution is -2.15. The fraction of sp³-hybridized carbons (Fsp3) is 0.667. The molecule has 0 aliphatic heterocycles. The Bertz CT molecular complexity index is 726. The Kier molecular flexibility index (Phi) is 11.3. The lowest BCUT2D eigenvalue weighted by atomic mass is 9.78. The van der Waals surface area contributed by atoms with Crippen molar-refractivity contribution in [3.63, 3.8) is 0 Å². The first-order valence-electron chi connectivity index (χ1n) is 13.7. The molecule has 0 atom stereocenters. The summed E-state index contributed by atoms with van der Waals surface area (Å²) in [5, 5.41) is 0. The molecule has 1 heterocycles. The second-order valence-corrected chi connectivity index (χ2v) is 10.2. The van der Waals surface area contributed by atoms with Gasteiger partial charge in [-0.15, -0.1) is 0 Å². The summed E-state index contributed by atoms with van der Waals surface area (Å²) in [6.45, 7) is 4.56. The molecule has 1 aliphatic rings. The van der Waals surface area contributed by atoms with Crippen molar-refractivity contribution in [2.45, 2.75) is 117 Å². The van der Waals surface area contributed by atoms with Gasteiger partial charge in [-0.25, -0.2) is 9.97 Å². The smallest absolute Gasteiger partial charge is 0.128 e. The molecule has 0 amide bonds. The second-order valence-electron chi connectivity index (χ2n) is 10.2. The minimum Gasteiger partial charge on any atom is -0.241 e. The van der Waals surface area contributed by atoms with Gasteiger partial charge in [-0.1, -0.05) is 115 Å². The molecule has 2 nitrogen and oxygen atoms in total. The van der Waals surface area contributed by atoms with E-state index in [4.69, 9.17) is 9.97 Å². The Balaban J connectivity index is 1.35. The van der Waals surface area contributed by atoms with Crippen molar-refractivity contribution in [3.8, 4) is 11.1 Å². The van der Waals surface area contributed by atoms with Gasteiger partial charge in [0.1, 0.15) is 5.82 Å². The van der Waals surface area contributed by atoms with E-state index in [2.05, 4.69) is 38.1 Å². The van der Waals surface area contributed by atoms with Crippen LogP contribution in [-0.2, 0) is 12.8 Å². The van der Waals surface area contributed by atoms with Gasteiger partial charge in [-0.05, 0) is 42.2 Å². The van der Waals surface area contributed by atoms with Crippen LogP contribution < -0.4 is 0 Å². The molecule has 1 aromatic heterocycles. The molecule has 0 N–H and O–H groups in total. The number of rotatable bonds is 14. The molecule has 1 fully saturated rings. The zero-order chi connectivity index (χ0) is 22.4. The zero-order valence-electron chi connectivity index (χ0n) is 20.8. The summed E-state index contributed by atoms with van der Waals surface area (Å²) in [6, 6.07) is 8.98. The lowest BCUT2D eigenvalue weighted by molar-refractivity contribution is 0.248. The molecule has 1 saturated carbocycles. The normalized spacial score (nSPS) is 18.7. The molecule has 0 bridgehead atoms. The molecular weight excluding hydrogens is 388 g/mol. The third-order valence-electron chi connectivity index (χ3n) is 7.52. The molecule has 1 aromatic carbocycles. The fourth-order valence-electron chi connectivity index (χ4n) is 5.25. The van der Waals surface area contributed by atoms with Crippen LogP contribution in [0.15, 0.2) is 36.7 Å². The van der Waals surface area contributed by atoms with Crippen molar-refractivity contribution < 1.29 is 0 Å². The molecule has 0 spiro atoms. The van der Waals surface area contributed by atoms with Gasteiger partial charge in [0.15, 0.2) is 0 Å². The average Bonchev–Trinajstić information content (AvgIpc) is 2.84. The molecule has 0 radical (unpaired) electrons. The monoisotopic (exact) mass is 434 g/mol. The minimum atomic E-state index is 0.884. The predicted molar refractivity (Wildman–Crippen MR) is 138 cm³/mol. The van der Waals surface area contributed by atoms with Crippen molar-refractivity contribution in [3.05, 3.63) is 48.0 Å². The van der Waals surface area contributed by atoms with Gasteiger partial charge in [-0.2, -0.15) is 0 Å². The van der Waals surface area contributed by atoms with E-state index in [1.54, 1.807) is 0 Å². The van der Waals surface area contributed by atoms with Gasteiger partial charge >= 0.3 is 0 Å². The third-order valence-corrected chi connectivity index (χ3v) is 7.52. The van der Waals surface area contributed by atoms with Crippen molar-refractivity contribution in [2.75, 3.05) is 0 Å². The first-order chi connectivity index (χ1) is 15.8. The van der Waals surface area contributed by atoms with Crippen molar-refractivity contribution in [1.82, 2.24) is 9.97 Å². The van der Waals surface area contributed by atoms with Gasteiger partial charge in [0.2, 0.25) is 0 Å². The summed E-state index contributed by atoms with van der Waals surface area (Å²) >= 11 is 0. The molecule has 1 aliphatic carbocycles. The molecule has 2 aromatic rings. The molecule has 0 saturated heterocycles. The highest BCUT2D eigenvalue weighted by molar-refractivity contribution is 5.61. The van der Waals surface area contributed by atoms with E-state index in [9.17, 15) is 0 Å².